The van der Waals surface area contributed by atoms with Crippen LogP contribution < -0.4 is 0 Å². The standard InChI is InChI=1S/C77H146O17P2/c1-6-9-12-15-17-19-21-23-25-26-31-34-38-42-46-51-56-61-75(80)88-67-73(94-77(82)63-58-53-48-44-40-36-32-28-27-30-33-37-41-45-50-54-59-70(4)5)69-92-96(85,86)90-65-71(78)64-89-95(83,84)91-68-72(66-87-74(79)60-55-49-14-11-8-3)93-76(81)62-57-52-47-43-39-35-29-24-22-20-18-16-13-10-7-2/h20,22,24,29,70-73,78H,6-19,21,23,25-28,30-69H2,1-5H3,(H,83,84)(H,85,86)/b22-20-,29-24-/t71-,72+,73+/m0/s1. The lowest BCUT2D eigenvalue weighted by atomic mass is 10.0. The van der Waals surface area contributed by atoms with Crippen LogP contribution in [0.3, 0.4) is 0 Å². The largest absolute Gasteiger partial charge is 0.472 e. The van der Waals surface area contributed by atoms with Gasteiger partial charge in [0, 0.05) is 25.7 Å². The van der Waals surface area contributed by atoms with Crippen LogP contribution in [0.4, 0.5) is 0 Å². The van der Waals surface area contributed by atoms with Crippen molar-refractivity contribution in [3.63, 3.8) is 0 Å². The van der Waals surface area contributed by atoms with E-state index in [1.807, 2.05) is 0 Å². The number of aliphatic hydroxyl groups excluding tert-OH is 1. The third kappa shape index (κ3) is 70.0. The van der Waals surface area contributed by atoms with Crippen molar-refractivity contribution >= 4 is 39.5 Å². The third-order valence-electron chi connectivity index (χ3n) is 17.4. The van der Waals surface area contributed by atoms with Gasteiger partial charge in [-0.25, -0.2) is 9.13 Å². The zero-order valence-corrected chi connectivity index (χ0v) is 63.8. The summed E-state index contributed by atoms with van der Waals surface area (Å²) in [5.41, 5.74) is 0. The highest BCUT2D eigenvalue weighted by atomic mass is 31.2. The van der Waals surface area contributed by atoms with Gasteiger partial charge in [0.1, 0.15) is 19.3 Å². The molecule has 0 aromatic rings. The van der Waals surface area contributed by atoms with Gasteiger partial charge in [-0.05, 0) is 57.3 Å². The summed E-state index contributed by atoms with van der Waals surface area (Å²) >= 11 is 0. The molecule has 2 unspecified atom stereocenters. The van der Waals surface area contributed by atoms with E-state index in [9.17, 15) is 43.2 Å². The predicted octanol–water partition coefficient (Wildman–Crippen LogP) is 22.4. The molecule has 0 saturated carbocycles. The number of esters is 4. The fourth-order valence-corrected chi connectivity index (χ4v) is 12.9. The van der Waals surface area contributed by atoms with Crippen molar-refractivity contribution in [1.29, 1.82) is 0 Å². The number of carbonyl (C=O) groups is 4. The van der Waals surface area contributed by atoms with E-state index in [1.165, 1.54) is 186 Å². The second-order valence-corrected chi connectivity index (χ2v) is 30.4. The summed E-state index contributed by atoms with van der Waals surface area (Å²) in [6.45, 7) is 7.17. The van der Waals surface area contributed by atoms with Gasteiger partial charge >= 0.3 is 39.5 Å². The number of allylic oxidation sites excluding steroid dienone is 4. The molecule has 3 N–H and O–H groups in total. The van der Waals surface area contributed by atoms with E-state index in [0.717, 1.165) is 115 Å². The van der Waals surface area contributed by atoms with E-state index < -0.39 is 97.5 Å². The molecule has 0 spiro atoms. The van der Waals surface area contributed by atoms with Gasteiger partial charge < -0.3 is 33.8 Å². The van der Waals surface area contributed by atoms with Crippen LogP contribution in [0.2, 0.25) is 0 Å². The van der Waals surface area contributed by atoms with Crippen LogP contribution in [0.5, 0.6) is 0 Å². The Hall–Kier alpha value is -2.46. The van der Waals surface area contributed by atoms with Gasteiger partial charge in [0.05, 0.1) is 26.4 Å². The highest BCUT2D eigenvalue weighted by Crippen LogP contribution is 2.45. The first-order chi connectivity index (χ1) is 46.5. The number of phosphoric acid groups is 2. The number of hydrogen-bond donors (Lipinski definition) is 3. The van der Waals surface area contributed by atoms with E-state index in [-0.39, 0.29) is 25.7 Å². The van der Waals surface area contributed by atoms with Gasteiger partial charge in [-0.2, -0.15) is 0 Å². The van der Waals surface area contributed by atoms with Crippen molar-refractivity contribution in [2.24, 2.45) is 5.92 Å². The average Bonchev–Trinajstić information content (AvgIpc) is 1.14. The average molecular weight is 1410 g/mol. The van der Waals surface area contributed by atoms with Crippen molar-refractivity contribution in [1.82, 2.24) is 0 Å². The SMILES string of the molecule is CCCCCC/C=C\C=C/CCCCCCCC(=O)O[C@H](COC(=O)CCCCCCC)COP(=O)(O)OC[C@H](O)COP(=O)(O)OC[C@@H](COC(=O)CCCCCCCCCCCCCCCCCCC)OC(=O)CCCCCCCCCCCCCCCCCCC(C)C. The number of unbranched alkanes of at least 4 members (excludes halogenated alkanes) is 44. The normalized spacial score (nSPS) is 14.1. The molecule has 0 aromatic heterocycles. The summed E-state index contributed by atoms with van der Waals surface area (Å²) in [5.74, 6) is -1.35. The first kappa shape index (κ1) is 93.5. The van der Waals surface area contributed by atoms with Gasteiger partial charge in [-0.1, -0.05) is 329 Å². The molecule has 566 valence electrons. The molecule has 0 bridgehead atoms. The van der Waals surface area contributed by atoms with Crippen LogP contribution in [0, 0.1) is 5.92 Å². The van der Waals surface area contributed by atoms with Crippen LogP contribution >= 0.6 is 15.6 Å². The summed E-state index contributed by atoms with van der Waals surface area (Å²) in [5, 5.41) is 10.6. The molecule has 96 heavy (non-hydrogen) atoms. The molecule has 0 aromatic carbocycles. The van der Waals surface area contributed by atoms with Gasteiger partial charge in [0.2, 0.25) is 0 Å². The number of carbonyl (C=O) groups excluding carboxylic acids is 4. The zero-order chi connectivity index (χ0) is 70.5. The highest BCUT2D eigenvalue weighted by Gasteiger charge is 2.30. The monoisotopic (exact) mass is 1410 g/mol. The summed E-state index contributed by atoms with van der Waals surface area (Å²) in [4.78, 5) is 72.5. The van der Waals surface area contributed by atoms with Gasteiger partial charge in [0.25, 0.3) is 0 Å². The summed E-state index contributed by atoms with van der Waals surface area (Å²) in [7, 11) is -9.91. The lowest BCUT2D eigenvalue weighted by Crippen LogP contribution is -2.30. The summed E-state index contributed by atoms with van der Waals surface area (Å²) in [6.07, 6.45) is 62.3. The Morgan fingerprint density at radius 2 is 0.562 bits per heavy atom. The number of aliphatic hydroxyl groups is 1. The Labute approximate surface area is 586 Å². The molecule has 17 nitrogen and oxygen atoms in total. The molecule has 19 heteroatoms. The number of phosphoric ester groups is 2. The van der Waals surface area contributed by atoms with Crippen LogP contribution in [0.25, 0.3) is 0 Å². The maximum absolute atomic E-state index is 13.1. The maximum Gasteiger partial charge on any atom is 0.472 e. The van der Waals surface area contributed by atoms with Crippen molar-refractivity contribution in [3.8, 4) is 0 Å². The Kier molecular flexibility index (Phi) is 67.8. The second kappa shape index (κ2) is 69.6. The topological polar surface area (TPSA) is 237 Å². The molecule has 0 saturated heterocycles. The van der Waals surface area contributed by atoms with Gasteiger partial charge in [0.15, 0.2) is 12.2 Å². The van der Waals surface area contributed by atoms with Crippen molar-refractivity contribution in [2.45, 2.75) is 400 Å². The van der Waals surface area contributed by atoms with Gasteiger partial charge in [-0.15, -0.1) is 0 Å². The van der Waals surface area contributed by atoms with E-state index in [0.29, 0.717) is 25.7 Å². The third-order valence-corrected chi connectivity index (χ3v) is 19.3. The summed E-state index contributed by atoms with van der Waals surface area (Å²) < 4.78 is 68.3. The smallest absolute Gasteiger partial charge is 0.462 e. The fourth-order valence-electron chi connectivity index (χ4n) is 11.3. The molecule has 0 aliphatic heterocycles. The molecular formula is C77H146O17P2. The molecule has 0 fully saturated rings. The van der Waals surface area contributed by atoms with Crippen molar-refractivity contribution in [2.75, 3.05) is 39.6 Å². The molecule has 5 atom stereocenters. The first-order valence-corrected chi connectivity index (χ1v) is 42.4. The Bertz CT molecular complexity index is 1930. The Morgan fingerprint density at radius 1 is 0.323 bits per heavy atom. The van der Waals surface area contributed by atoms with E-state index in [2.05, 4.69) is 58.9 Å². The molecule has 0 aliphatic rings. The lowest BCUT2D eigenvalue weighted by Gasteiger charge is -2.21. The minimum absolute atomic E-state index is 0.0844. The van der Waals surface area contributed by atoms with Crippen LogP contribution in [-0.2, 0) is 65.4 Å². The molecule has 0 rings (SSSR count). The lowest BCUT2D eigenvalue weighted by molar-refractivity contribution is -0.161. The van der Waals surface area contributed by atoms with E-state index in [1.54, 1.807) is 0 Å². The predicted molar refractivity (Wildman–Crippen MR) is 391 cm³/mol. The fraction of sp³-hybridized carbons (Fsp3) is 0.896. The number of hydrogen-bond acceptors (Lipinski definition) is 15. The van der Waals surface area contributed by atoms with Gasteiger partial charge in [-0.3, -0.25) is 37.3 Å². The quantitative estimate of drug-likeness (QED) is 0.0169. The number of rotatable bonds is 75. The van der Waals surface area contributed by atoms with Crippen LogP contribution in [0.15, 0.2) is 24.3 Å². The zero-order valence-electron chi connectivity index (χ0n) is 62.0. The molecule has 0 amide bonds. The Balaban J connectivity index is 5.17. The molecule has 0 aliphatic carbocycles. The number of ether oxygens (including phenoxy) is 4. The van der Waals surface area contributed by atoms with Crippen molar-refractivity contribution in [3.05, 3.63) is 24.3 Å². The van der Waals surface area contributed by atoms with E-state index in [4.69, 9.17) is 37.0 Å². The van der Waals surface area contributed by atoms with Crippen LogP contribution in [-0.4, -0.2) is 96.7 Å². The minimum Gasteiger partial charge on any atom is -0.462 e. The van der Waals surface area contributed by atoms with Crippen LogP contribution in [0.1, 0.15) is 381 Å². The van der Waals surface area contributed by atoms with Crippen molar-refractivity contribution < 1.29 is 80.2 Å². The minimum atomic E-state index is -4.96. The first-order valence-electron chi connectivity index (χ1n) is 39.5. The highest BCUT2D eigenvalue weighted by molar-refractivity contribution is 7.47. The molecular weight excluding hydrogens is 1260 g/mol. The molecule has 0 radical (unpaired) electrons. The summed E-state index contributed by atoms with van der Waals surface area (Å²) in [6, 6.07) is 0. The molecule has 0 heterocycles. The van der Waals surface area contributed by atoms with E-state index >= 15 is 0 Å². The Morgan fingerprint density at radius 3 is 0.854 bits per heavy atom. The maximum atomic E-state index is 13.1. The second-order valence-electron chi connectivity index (χ2n) is 27.5.